The molecule has 0 radical (unpaired) electrons. The summed E-state index contributed by atoms with van der Waals surface area (Å²) in [5.74, 6) is -1.77. The Bertz CT molecular complexity index is 865. The van der Waals surface area contributed by atoms with Crippen LogP contribution >= 0.6 is 0 Å². The highest BCUT2D eigenvalue weighted by Gasteiger charge is 2.06. The van der Waals surface area contributed by atoms with Crippen LogP contribution in [-0.4, -0.2) is 45.5 Å². The molecule has 6 N–H and O–H groups in total. The van der Waals surface area contributed by atoms with Crippen molar-refractivity contribution < 1.29 is 32.8 Å². The van der Waals surface area contributed by atoms with E-state index in [1.165, 1.54) is 22.8 Å². The fourth-order valence-electron chi connectivity index (χ4n) is 2.88. The Labute approximate surface area is 178 Å². The van der Waals surface area contributed by atoms with E-state index in [9.17, 15) is 19.8 Å². The summed E-state index contributed by atoms with van der Waals surface area (Å²) in [4.78, 5) is 21.5. The van der Waals surface area contributed by atoms with Crippen molar-refractivity contribution in [2.75, 3.05) is 13.1 Å². The Morgan fingerprint density at radius 1 is 0.767 bits per heavy atom. The minimum atomic E-state index is -0.907. The van der Waals surface area contributed by atoms with Crippen LogP contribution < -0.4 is 10.6 Å². The molecular weight excluding hydrogens is 388 g/mol. The SMILES string of the molecule is [2H]N(CCN([2H])Cc1cc(CCC(=O)O)ccc1O)Cc1cc(CCC(=O)O)ccc1O. The number of hydrogen-bond donors (Lipinski definition) is 6. The lowest BCUT2D eigenvalue weighted by molar-refractivity contribution is -0.138. The lowest BCUT2D eigenvalue weighted by Gasteiger charge is -2.11. The smallest absolute Gasteiger partial charge is 0.303 e. The van der Waals surface area contributed by atoms with Gasteiger partial charge in [-0.05, 0) is 36.1 Å². The first-order valence-electron chi connectivity index (χ1n) is 10.6. The van der Waals surface area contributed by atoms with Gasteiger partial charge in [0.05, 0.1) is 0 Å². The standard InChI is InChI=1S/C22H28N2O6/c25-19-5-1-15(3-7-21(27)28)11-17(19)13-23-9-10-24-14-18-12-16(2-6-20(18)26)4-8-22(29)30/h1-2,5-6,11-12,23-26H,3-4,7-10,13-14H2,(H,27,28)(H,29,30)/i/hD2. The fourth-order valence-corrected chi connectivity index (χ4v) is 2.88. The van der Waals surface area contributed by atoms with E-state index in [1.54, 1.807) is 24.3 Å². The first-order valence-corrected chi connectivity index (χ1v) is 9.66. The van der Waals surface area contributed by atoms with E-state index < -0.39 is 11.9 Å². The van der Waals surface area contributed by atoms with E-state index in [2.05, 4.69) is 0 Å². The first kappa shape index (κ1) is 20.2. The van der Waals surface area contributed by atoms with Crippen LogP contribution in [0.2, 0.25) is 2.82 Å². The zero-order valence-corrected chi connectivity index (χ0v) is 16.6. The quantitative estimate of drug-likeness (QED) is 0.290. The average Bonchev–Trinajstić information content (AvgIpc) is 2.73. The third kappa shape index (κ3) is 8.10. The van der Waals surface area contributed by atoms with E-state index in [0.717, 1.165) is 11.1 Å². The summed E-state index contributed by atoms with van der Waals surface area (Å²) < 4.78 is 16.2. The van der Waals surface area contributed by atoms with Crippen LogP contribution in [0.3, 0.4) is 0 Å². The largest absolute Gasteiger partial charge is 0.508 e. The molecule has 0 aliphatic rings. The molecule has 0 atom stereocenters. The van der Waals surface area contributed by atoms with Gasteiger partial charge in [0.1, 0.15) is 14.3 Å². The van der Waals surface area contributed by atoms with Crippen molar-refractivity contribution in [1.82, 2.24) is 10.6 Å². The van der Waals surface area contributed by atoms with Gasteiger partial charge in [-0.3, -0.25) is 9.59 Å². The van der Waals surface area contributed by atoms with Crippen molar-refractivity contribution in [3.8, 4) is 11.5 Å². The molecule has 0 aromatic heterocycles. The molecule has 0 bridgehead atoms. The highest BCUT2D eigenvalue weighted by atomic mass is 16.4. The van der Waals surface area contributed by atoms with Gasteiger partial charge in [-0.15, -0.1) is 0 Å². The molecule has 8 heteroatoms. The van der Waals surface area contributed by atoms with Gasteiger partial charge in [-0.1, -0.05) is 24.3 Å². The zero-order chi connectivity index (χ0) is 23.7. The van der Waals surface area contributed by atoms with Crippen molar-refractivity contribution in [3.63, 3.8) is 0 Å². The number of rotatable bonds is 13. The van der Waals surface area contributed by atoms with E-state index in [0.29, 0.717) is 24.0 Å². The van der Waals surface area contributed by atoms with Gasteiger partial charge >= 0.3 is 11.9 Å². The number of phenols is 2. The van der Waals surface area contributed by atoms with Crippen molar-refractivity contribution in [3.05, 3.63) is 58.7 Å². The number of phenolic OH excluding ortho intramolecular Hbond substituents is 2. The van der Waals surface area contributed by atoms with Crippen LogP contribution in [0.1, 0.15) is 35.1 Å². The second-order valence-electron chi connectivity index (χ2n) is 6.92. The van der Waals surface area contributed by atoms with Crippen molar-refractivity contribution in [2.24, 2.45) is 0 Å². The molecule has 0 heterocycles. The average molecular weight is 418 g/mol. The summed E-state index contributed by atoms with van der Waals surface area (Å²) in [7, 11) is 0. The Morgan fingerprint density at radius 2 is 1.17 bits per heavy atom. The Kier molecular flexibility index (Phi) is 7.93. The minimum absolute atomic E-state index is 0.0205. The van der Waals surface area contributed by atoms with Gasteiger partial charge < -0.3 is 31.0 Å². The van der Waals surface area contributed by atoms with Crippen LogP contribution in [0.5, 0.6) is 11.5 Å². The van der Waals surface area contributed by atoms with Gasteiger partial charge in [-0.2, -0.15) is 0 Å². The number of carboxylic acid groups (broad SMARTS) is 2. The number of hydrogen-bond acceptors (Lipinski definition) is 6. The monoisotopic (exact) mass is 418 g/mol. The normalized spacial score (nSPS) is 12.1. The number of aliphatic carboxylic acids is 2. The molecule has 2 rings (SSSR count). The van der Waals surface area contributed by atoms with Crippen LogP contribution in [0.15, 0.2) is 36.4 Å². The maximum Gasteiger partial charge on any atom is 0.303 e. The number of benzene rings is 2. The molecule has 30 heavy (non-hydrogen) atoms. The Balaban J connectivity index is 1.88. The maximum absolute atomic E-state index is 10.7. The molecule has 0 spiro atoms. The second-order valence-corrected chi connectivity index (χ2v) is 6.92. The number of aromatic hydroxyl groups is 2. The van der Waals surface area contributed by atoms with Gasteiger partial charge in [0.25, 0.3) is 0 Å². The molecule has 0 aliphatic carbocycles. The Hall–Kier alpha value is -3.10. The molecule has 0 fully saturated rings. The molecule has 162 valence electrons. The third-order valence-corrected chi connectivity index (χ3v) is 4.52. The summed E-state index contributed by atoms with van der Waals surface area (Å²) in [6.45, 7) is 0.608. The number of carbonyl (C=O) groups is 2. The highest BCUT2D eigenvalue weighted by molar-refractivity contribution is 5.67. The van der Waals surface area contributed by atoms with Gasteiger partial charge in [0.15, 0.2) is 0 Å². The Morgan fingerprint density at radius 3 is 1.53 bits per heavy atom. The predicted octanol–water partition coefficient (Wildman–Crippen LogP) is 2.01. The minimum Gasteiger partial charge on any atom is -0.508 e. The fraction of sp³-hybridized carbons (Fsp3) is 0.364. The van der Waals surface area contributed by atoms with E-state index >= 15 is 0 Å². The highest BCUT2D eigenvalue weighted by Crippen LogP contribution is 2.20. The predicted molar refractivity (Wildman–Crippen MR) is 112 cm³/mol. The molecule has 0 unspecified atom stereocenters. The lowest BCUT2D eigenvalue weighted by atomic mass is 10.1. The second kappa shape index (κ2) is 11.8. The molecule has 0 saturated heterocycles. The van der Waals surface area contributed by atoms with Crippen molar-refractivity contribution >= 4 is 11.9 Å². The van der Waals surface area contributed by atoms with Gasteiger partial charge in [0, 0.05) is 50.1 Å². The summed E-state index contributed by atoms with van der Waals surface area (Å²) in [5.41, 5.74) is 2.52. The number of nitrogens with one attached hydrogen (secondary N) is 2. The van der Waals surface area contributed by atoms with Crippen LogP contribution in [-0.2, 0) is 35.5 Å². The molecule has 0 amide bonds. The van der Waals surface area contributed by atoms with E-state index in [-0.39, 0.29) is 50.5 Å². The van der Waals surface area contributed by atoms with Gasteiger partial charge in [-0.25, -0.2) is 0 Å². The van der Waals surface area contributed by atoms with Gasteiger partial charge in [0.2, 0.25) is 0 Å². The van der Waals surface area contributed by atoms with Crippen LogP contribution in [0.25, 0.3) is 0 Å². The summed E-state index contributed by atoms with van der Waals surface area (Å²) >= 11 is 0. The summed E-state index contributed by atoms with van der Waals surface area (Å²) in [6.07, 6.45) is 0.617. The van der Waals surface area contributed by atoms with E-state index in [1.807, 2.05) is 0 Å². The zero-order valence-electron chi connectivity index (χ0n) is 18.6. The van der Waals surface area contributed by atoms with Crippen molar-refractivity contribution in [1.29, 1.82) is 0 Å². The third-order valence-electron chi connectivity index (χ3n) is 4.52. The molecule has 0 aliphatic heterocycles. The summed E-state index contributed by atoms with van der Waals surface area (Å²) in [5, 5.41) is 40.1. The maximum atomic E-state index is 10.7. The van der Waals surface area contributed by atoms with Crippen molar-refractivity contribution in [2.45, 2.75) is 38.8 Å². The molecule has 2 aromatic carbocycles. The summed E-state index contributed by atoms with van der Waals surface area (Å²) in [6, 6.07) is 9.63. The van der Waals surface area contributed by atoms with Crippen LogP contribution in [0.4, 0.5) is 0 Å². The molecule has 2 aromatic rings. The lowest BCUT2D eigenvalue weighted by Crippen LogP contribution is -2.26. The topological polar surface area (TPSA) is 139 Å². The first-order chi connectivity index (χ1) is 15.1. The number of carboxylic acids is 2. The molecular formula is C22H28N2O6. The molecule has 0 saturated carbocycles. The van der Waals surface area contributed by atoms with E-state index in [4.69, 9.17) is 13.0 Å². The number of aryl methyl sites for hydroxylation is 2. The molecule has 8 nitrogen and oxygen atoms in total. The van der Waals surface area contributed by atoms with Crippen LogP contribution in [0, 0.1) is 0 Å².